The highest BCUT2D eigenvalue weighted by Crippen LogP contribution is 2.37. The van der Waals surface area contributed by atoms with Crippen LogP contribution in [0.15, 0.2) is 198 Å². The lowest BCUT2D eigenvalue weighted by Gasteiger charge is -2.11. The van der Waals surface area contributed by atoms with E-state index in [4.69, 9.17) is 31.7 Å². The normalized spacial score (nSPS) is 14.6. The standard InChI is InChI=1S/C51H32N4O/c1-3-13-33(14-4-1)49-52-50(54-51(53-49)39-25-27-43-42-22-8-10-24-47(42)56-48(43)32-39)38-18-12-17-36(30-38)34-15-11-16-35(29-34)37-26-28-46-44(31-37)41-21-7-9-23-45(41)55(46)40-19-5-2-6-20-40/h1-32H/i2D,5D,6D,7D,9D,19D,20D,21D,23D,26D,28D,31D. The van der Waals surface area contributed by atoms with E-state index < -0.39 is 72.2 Å². The van der Waals surface area contributed by atoms with E-state index in [2.05, 4.69) is 0 Å². The van der Waals surface area contributed by atoms with Crippen molar-refractivity contribution in [1.82, 2.24) is 19.5 Å². The maximum absolute atomic E-state index is 9.67. The van der Waals surface area contributed by atoms with E-state index >= 15 is 0 Å². The van der Waals surface area contributed by atoms with Gasteiger partial charge in [0, 0.05) is 43.9 Å². The molecular weight excluding hydrogens is 685 g/mol. The summed E-state index contributed by atoms with van der Waals surface area (Å²) < 4.78 is 113. The van der Waals surface area contributed by atoms with Gasteiger partial charge in [0.05, 0.1) is 27.5 Å². The second-order valence-corrected chi connectivity index (χ2v) is 13.1. The van der Waals surface area contributed by atoms with Gasteiger partial charge >= 0.3 is 0 Å². The molecule has 3 heterocycles. The number of rotatable bonds is 6. The molecule has 0 saturated carbocycles. The number of hydrogen-bond acceptors (Lipinski definition) is 4. The van der Waals surface area contributed by atoms with Crippen molar-refractivity contribution in [2.75, 3.05) is 0 Å². The molecule has 0 spiro atoms. The Balaban J connectivity index is 1.07. The Kier molecular flexibility index (Phi) is 5.10. The molecule has 0 fully saturated rings. The van der Waals surface area contributed by atoms with Gasteiger partial charge in [-0.3, -0.25) is 0 Å². The third kappa shape index (κ3) is 5.45. The van der Waals surface area contributed by atoms with Gasteiger partial charge in [-0.05, 0) is 82.8 Å². The second kappa shape index (κ2) is 13.0. The van der Waals surface area contributed by atoms with Gasteiger partial charge in [-0.25, -0.2) is 15.0 Å². The molecule has 0 unspecified atom stereocenters. The molecule has 5 heteroatoms. The molecule has 0 aliphatic carbocycles. The van der Waals surface area contributed by atoms with Crippen LogP contribution >= 0.6 is 0 Å². The fourth-order valence-corrected chi connectivity index (χ4v) is 7.15. The third-order valence-electron chi connectivity index (χ3n) is 9.78. The monoisotopic (exact) mass is 728 g/mol. The zero-order valence-electron chi connectivity index (χ0n) is 41.2. The Hall–Kier alpha value is -7.63. The largest absolute Gasteiger partial charge is 0.456 e. The molecule has 8 aromatic carbocycles. The summed E-state index contributed by atoms with van der Waals surface area (Å²) in [5.41, 5.74) is 4.39. The number of aromatic nitrogens is 4. The maximum Gasteiger partial charge on any atom is 0.164 e. The summed E-state index contributed by atoms with van der Waals surface area (Å²) in [6.07, 6.45) is 0. The number of furan rings is 1. The molecular formula is C51H32N4O. The van der Waals surface area contributed by atoms with Crippen LogP contribution in [0.1, 0.15) is 16.4 Å². The Bertz CT molecular complexity index is 3940. The molecule has 0 amide bonds. The number of hydrogen-bond donors (Lipinski definition) is 0. The van der Waals surface area contributed by atoms with Crippen molar-refractivity contribution in [2.45, 2.75) is 0 Å². The number of fused-ring (bicyclic) bond motifs is 6. The minimum atomic E-state index is -0.702. The summed E-state index contributed by atoms with van der Waals surface area (Å²) in [4.78, 5) is 14.8. The van der Waals surface area contributed by atoms with Crippen molar-refractivity contribution >= 4 is 43.7 Å². The fraction of sp³-hybridized carbons (Fsp3) is 0. The van der Waals surface area contributed by atoms with Crippen LogP contribution in [0.2, 0.25) is 0 Å². The van der Waals surface area contributed by atoms with Crippen molar-refractivity contribution in [1.29, 1.82) is 0 Å². The van der Waals surface area contributed by atoms with Gasteiger partial charge in [-0.15, -0.1) is 0 Å². The molecule has 11 rings (SSSR count). The summed E-state index contributed by atoms with van der Waals surface area (Å²) in [5, 5.41) is 1.65. The van der Waals surface area contributed by atoms with Crippen LogP contribution in [0.4, 0.5) is 0 Å². The summed E-state index contributed by atoms with van der Waals surface area (Å²) in [6.45, 7) is 0. The Labute approximate surface area is 339 Å². The van der Waals surface area contributed by atoms with E-state index in [1.165, 1.54) is 0 Å². The Morgan fingerprint density at radius 1 is 0.393 bits per heavy atom. The topological polar surface area (TPSA) is 56.7 Å². The summed E-state index contributed by atoms with van der Waals surface area (Å²) >= 11 is 0. The average Bonchev–Trinajstić information content (AvgIpc) is 3.92. The number of nitrogens with zero attached hydrogens (tertiary/aromatic N) is 4. The fourth-order valence-electron chi connectivity index (χ4n) is 7.15. The molecule has 0 radical (unpaired) electrons. The van der Waals surface area contributed by atoms with Gasteiger partial charge in [-0.2, -0.15) is 0 Å². The van der Waals surface area contributed by atoms with Gasteiger partial charge < -0.3 is 8.98 Å². The van der Waals surface area contributed by atoms with Crippen LogP contribution in [0.25, 0.3) is 106 Å². The van der Waals surface area contributed by atoms with Gasteiger partial charge in [0.25, 0.3) is 0 Å². The smallest absolute Gasteiger partial charge is 0.164 e. The maximum atomic E-state index is 9.67. The first-order valence-corrected chi connectivity index (χ1v) is 17.8. The van der Waals surface area contributed by atoms with Gasteiger partial charge in [-0.1, -0.05) is 133 Å². The van der Waals surface area contributed by atoms with Crippen LogP contribution in [0, 0.1) is 0 Å². The van der Waals surface area contributed by atoms with E-state index in [0.29, 0.717) is 39.7 Å². The van der Waals surface area contributed by atoms with E-state index in [1.54, 1.807) is 18.2 Å². The lowest BCUT2D eigenvalue weighted by Crippen LogP contribution is -2.00. The third-order valence-corrected chi connectivity index (χ3v) is 9.78. The summed E-state index contributed by atoms with van der Waals surface area (Å²) in [7, 11) is 0. The highest BCUT2D eigenvalue weighted by Gasteiger charge is 2.16. The lowest BCUT2D eigenvalue weighted by atomic mass is 9.97. The SMILES string of the molecule is [2H]c1c([2H])c([2H])c(-n2c3c([2H])c([2H])c([2H])c([2H])c3c3c([2H])c(-c4cccc(-c5cccc(-c6nc(-c7ccccc7)nc(-c7ccc8c(c7)oc7ccccc78)n6)c5)c4)c([2H])c([2H])c32)c([2H])c1[2H]. The Morgan fingerprint density at radius 2 is 0.982 bits per heavy atom. The predicted octanol–water partition coefficient (Wildman–Crippen LogP) is 13.2. The summed E-state index contributed by atoms with van der Waals surface area (Å²) in [6, 6.07) is 30.7. The lowest BCUT2D eigenvalue weighted by molar-refractivity contribution is 0.669. The van der Waals surface area contributed by atoms with Crippen LogP contribution in [-0.4, -0.2) is 19.5 Å². The van der Waals surface area contributed by atoms with E-state index in [9.17, 15) is 4.11 Å². The average molecular weight is 729 g/mol. The molecule has 0 aliphatic heterocycles. The molecule has 0 bridgehead atoms. The number of benzene rings is 8. The van der Waals surface area contributed by atoms with Crippen molar-refractivity contribution in [3.05, 3.63) is 194 Å². The molecule has 56 heavy (non-hydrogen) atoms. The van der Waals surface area contributed by atoms with Crippen LogP contribution in [0.3, 0.4) is 0 Å². The molecule has 262 valence electrons. The number of para-hydroxylation sites is 3. The Morgan fingerprint density at radius 3 is 1.79 bits per heavy atom. The highest BCUT2D eigenvalue weighted by molar-refractivity contribution is 6.10. The van der Waals surface area contributed by atoms with E-state index in [-0.39, 0.29) is 33.4 Å². The van der Waals surface area contributed by atoms with Crippen LogP contribution < -0.4 is 0 Å². The first-order chi connectivity index (χ1) is 32.7. The van der Waals surface area contributed by atoms with Crippen LogP contribution in [-0.2, 0) is 0 Å². The highest BCUT2D eigenvalue weighted by atomic mass is 16.3. The van der Waals surface area contributed by atoms with Crippen molar-refractivity contribution in [2.24, 2.45) is 0 Å². The zero-order chi connectivity index (χ0) is 47.4. The molecule has 3 aromatic heterocycles. The molecule has 0 saturated heterocycles. The predicted molar refractivity (Wildman–Crippen MR) is 229 cm³/mol. The minimum absolute atomic E-state index is 0.0101. The zero-order valence-corrected chi connectivity index (χ0v) is 29.2. The molecule has 0 aliphatic rings. The van der Waals surface area contributed by atoms with E-state index in [0.717, 1.165) is 37.6 Å². The van der Waals surface area contributed by atoms with Gasteiger partial charge in [0.1, 0.15) is 11.2 Å². The van der Waals surface area contributed by atoms with Gasteiger partial charge in [0.15, 0.2) is 17.5 Å². The van der Waals surface area contributed by atoms with Gasteiger partial charge in [0.2, 0.25) is 0 Å². The first-order valence-electron chi connectivity index (χ1n) is 23.8. The van der Waals surface area contributed by atoms with Crippen LogP contribution in [0.5, 0.6) is 0 Å². The molecule has 5 nitrogen and oxygen atoms in total. The second-order valence-electron chi connectivity index (χ2n) is 13.1. The first kappa shape index (κ1) is 21.9. The molecule has 0 N–H and O–H groups in total. The molecule has 0 atom stereocenters. The summed E-state index contributed by atoms with van der Waals surface area (Å²) in [5.74, 6) is 1.31. The van der Waals surface area contributed by atoms with Crippen molar-refractivity contribution < 1.29 is 20.9 Å². The van der Waals surface area contributed by atoms with E-state index in [1.807, 2.05) is 103 Å². The van der Waals surface area contributed by atoms with Crippen molar-refractivity contribution in [3.8, 4) is 62.1 Å². The molecule has 11 aromatic rings. The van der Waals surface area contributed by atoms with Crippen molar-refractivity contribution in [3.63, 3.8) is 0 Å². The quantitative estimate of drug-likeness (QED) is 0.171. The minimum Gasteiger partial charge on any atom is -0.456 e.